The highest BCUT2D eigenvalue weighted by Crippen LogP contribution is 2.32. The molecule has 0 aliphatic carbocycles. The molecule has 1 aliphatic rings. The third-order valence-corrected chi connectivity index (χ3v) is 6.23. The lowest BCUT2D eigenvalue weighted by Crippen LogP contribution is -2.37. The molecule has 0 N–H and O–H groups in total. The van der Waals surface area contributed by atoms with E-state index in [0.29, 0.717) is 28.2 Å². The van der Waals surface area contributed by atoms with E-state index in [4.69, 9.17) is 0 Å². The molecule has 0 atom stereocenters. The summed E-state index contributed by atoms with van der Waals surface area (Å²) < 4.78 is 15.5. The number of piperidine rings is 1. The van der Waals surface area contributed by atoms with Gasteiger partial charge in [-0.1, -0.05) is 39.8 Å². The van der Waals surface area contributed by atoms with E-state index in [-0.39, 0.29) is 17.1 Å². The third-order valence-electron chi connectivity index (χ3n) is 6.23. The minimum atomic E-state index is -0.324. The fourth-order valence-corrected chi connectivity index (χ4v) is 4.04. The highest BCUT2D eigenvalue weighted by molar-refractivity contribution is 5.94. The lowest BCUT2D eigenvalue weighted by Gasteiger charge is -2.30. The van der Waals surface area contributed by atoms with Crippen LogP contribution in [0.2, 0.25) is 0 Å². The van der Waals surface area contributed by atoms with Crippen LogP contribution in [0, 0.1) is 11.7 Å². The number of nitrogens with zero attached hydrogens (tertiary/aromatic N) is 3. The molecule has 166 valence electrons. The van der Waals surface area contributed by atoms with Crippen molar-refractivity contribution in [3.05, 3.63) is 72.1 Å². The highest BCUT2D eigenvalue weighted by atomic mass is 19.1. The van der Waals surface area contributed by atoms with Crippen LogP contribution in [-0.2, 0) is 5.41 Å². The van der Waals surface area contributed by atoms with Crippen molar-refractivity contribution < 1.29 is 9.18 Å². The molecule has 1 aliphatic heterocycles. The monoisotopic (exact) mass is 431 g/mol. The molecule has 5 heteroatoms. The maximum absolute atomic E-state index is 15.5. The van der Waals surface area contributed by atoms with Gasteiger partial charge in [0.1, 0.15) is 5.82 Å². The molecular weight excluding hydrogens is 401 g/mol. The number of halogens is 1. The van der Waals surface area contributed by atoms with Crippen LogP contribution in [0.5, 0.6) is 0 Å². The molecule has 0 bridgehead atoms. The van der Waals surface area contributed by atoms with Gasteiger partial charge >= 0.3 is 0 Å². The molecule has 32 heavy (non-hydrogen) atoms. The summed E-state index contributed by atoms with van der Waals surface area (Å²) in [6.45, 7) is 10.1. The van der Waals surface area contributed by atoms with E-state index in [0.717, 1.165) is 37.2 Å². The quantitative estimate of drug-likeness (QED) is 0.502. The lowest BCUT2D eigenvalue weighted by molar-refractivity contribution is 0.0697. The van der Waals surface area contributed by atoms with Crippen LogP contribution in [0.15, 0.2) is 55.0 Å². The molecule has 1 fully saturated rings. The van der Waals surface area contributed by atoms with E-state index in [2.05, 4.69) is 37.7 Å². The molecule has 3 aromatic rings. The highest BCUT2D eigenvalue weighted by Gasteiger charge is 2.22. The average molecular weight is 432 g/mol. The first-order valence-corrected chi connectivity index (χ1v) is 11.2. The van der Waals surface area contributed by atoms with Crippen molar-refractivity contribution in [2.24, 2.45) is 5.92 Å². The van der Waals surface area contributed by atoms with Crippen LogP contribution in [0.1, 0.15) is 56.6 Å². The maximum Gasteiger partial charge on any atom is 0.253 e. The zero-order valence-corrected chi connectivity index (χ0v) is 19.2. The van der Waals surface area contributed by atoms with Crippen LogP contribution in [0.4, 0.5) is 4.39 Å². The topological polar surface area (TPSA) is 46.1 Å². The summed E-state index contributed by atoms with van der Waals surface area (Å²) in [6.07, 6.45) is 6.88. The summed E-state index contributed by atoms with van der Waals surface area (Å²) >= 11 is 0. The minimum Gasteiger partial charge on any atom is -0.339 e. The van der Waals surface area contributed by atoms with Gasteiger partial charge in [0.15, 0.2) is 0 Å². The van der Waals surface area contributed by atoms with Crippen LogP contribution in [0.3, 0.4) is 0 Å². The van der Waals surface area contributed by atoms with Crippen molar-refractivity contribution in [1.29, 1.82) is 0 Å². The number of carbonyl (C=O) groups is 1. The SMILES string of the molecule is CC1CCN(C(=O)c2ccc(-c3cncc(-c4ccnc(C(C)(C)C)c4)c3F)cc2)CC1. The standard InChI is InChI=1S/C27H30FN3O/c1-18-10-13-31(14-11-18)26(32)20-7-5-19(6-8-20)22-16-29-17-23(25(22)28)21-9-12-30-24(15-21)27(2,3)4/h5-9,12,15-18H,10-11,13-14H2,1-4H3. The largest absolute Gasteiger partial charge is 0.339 e. The molecule has 0 unspecified atom stereocenters. The van der Waals surface area contributed by atoms with Gasteiger partial charge in [0.2, 0.25) is 0 Å². The Morgan fingerprint density at radius 2 is 1.62 bits per heavy atom. The van der Waals surface area contributed by atoms with Gasteiger partial charge < -0.3 is 4.90 Å². The fraction of sp³-hybridized carbons (Fsp3) is 0.370. The molecular formula is C27H30FN3O. The summed E-state index contributed by atoms with van der Waals surface area (Å²) in [4.78, 5) is 23.4. The fourth-order valence-electron chi connectivity index (χ4n) is 4.04. The molecule has 3 heterocycles. The number of hydrogen-bond acceptors (Lipinski definition) is 3. The van der Waals surface area contributed by atoms with Gasteiger partial charge in [-0.3, -0.25) is 14.8 Å². The number of likely N-dealkylation sites (tertiary alicyclic amines) is 1. The van der Waals surface area contributed by atoms with Gasteiger partial charge in [0.05, 0.1) is 0 Å². The van der Waals surface area contributed by atoms with E-state index >= 15 is 4.39 Å². The zero-order chi connectivity index (χ0) is 22.9. The normalized spacial score (nSPS) is 15.1. The van der Waals surface area contributed by atoms with E-state index < -0.39 is 0 Å². The van der Waals surface area contributed by atoms with Crippen molar-refractivity contribution >= 4 is 5.91 Å². The molecule has 1 amide bonds. The van der Waals surface area contributed by atoms with Crippen molar-refractivity contribution in [2.45, 2.75) is 46.0 Å². The van der Waals surface area contributed by atoms with Gasteiger partial charge in [-0.15, -0.1) is 0 Å². The summed E-state index contributed by atoms with van der Waals surface area (Å²) in [5.41, 5.74) is 3.72. The van der Waals surface area contributed by atoms with Gasteiger partial charge in [0.25, 0.3) is 5.91 Å². The van der Waals surface area contributed by atoms with Crippen molar-refractivity contribution in [1.82, 2.24) is 14.9 Å². The Morgan fingerprint density at radius 3 is 2.25 bits per heavy atom. The second kappa shape index (κ2) is 8.81. The molecule has 1 aromatic carbocycles. The minimum absolute atomic E-state index is 0.0438. The number of rotatable bonds is 3. The summed E-state index contributed by atoms with van der Waals surface area (Å²) in [7, 11) is 0. The molecule has 0 saturated carbocycles. The van der Waals surface area contributed by atoms with Crippen LogP contribution < -0.4 is 0 Å². The van der Waals surface area contributed by atoms with Crippen LogP contribution in [0.25, 0.3) is 22.3 Å². The molecule has 4 rings (SSSR count). The van der Waals surface area contributed by atoms with Crippen LogP contribution >= 0.6 is 0 Å². The first kappa shape index (κ1) is 22.1. The Morgan fingerprint density at radius 1 is 1.00 bits per heavy atom. The van der Waals surface area contributed by atoms with E-state index in [1.807, 2.05) is 11.0 Å². The van der Waals surface area contributed by atoms with Crippen molar-refractivity contribution in [3.8, 4) is 22.3 Å². The van der Waals surface area contributed by atoms with Gasteiger partial charge in [0, 0.05) is 59.5 Å². The molecule has 2 aromatic heterocycles. The van der Waals surface area contributed by atoms with Gasteiger partial charge in [-0.2, -0.15) is 0 Å². The Kier molecular flexibility index (Phi) is 6.09. The second-order valence-electron chi connectivity index (χ2n) is 9.78. The van der Waals surface area contributed by atoms with Gasteiger partial charge in [-0.25, -0.2) is 4.39 Å². The smallest absolute Gasteiger partial charge is 0.253 e. The predicted molar refractivity (Wildman–Crippen MR) is 126 cm³/mol. The number of carbonyl (C=O) groups excluding carboxylic acids is 1. The first-order chi connectivity index (χ1) is 15.2. The number of amides is 1. The molecule has 4 nitrogen and oxygen atoms in total. The molecule has 1 saturated heterocycles. The second-order valence-corrected chi connectivity index (χ2v) is 9.78. The third kappa shape index (κ3) is 4.57. The van der Waals surface area contributed by atoms with E-state index in [9.17, 15) is 4.79 Å². The maximum atomic E-state index is 15.5. The number of hydrogen-bond donors (Lipinski definition) is 0. The zero-order valence-electron chi connectivity index (χ0n) is 19.2. The Labute approximate surface area is 189 Å². The van der Waals surface area contributed by atoms with Crippen molar-refractivity contribution in [2.75, 3.05) is 13.1 Å². The number of aromatic nitrogens is 2. The Bertz CT molecular complexity index is 1110. The van der Waals surface area contributed by atoms with E-state index in [1.54, 1.807) is 42.7 Å². The average Bonchev–Trinajstić information content (AvgIpc) is 2.79. The summed E-state index contributed by atoms with van der Waals surface area (Å²) in [5, 5.41) is 0. The van der Waals surface area contributed by atoms with E-state index in [1.165, 1.54) is 6.20 Å². The number of pyridine rings is 2. The molecule has 0 spiro atoms. The van der Waals surface area contributed by atoms with Crippen LogP contribution in [-0.4, -0.2) is 33.9 Å². The predicted octanol–water partition coefficient (Wildman–Crippen LogP) is 6.12. The Balaban J connectivity index is 1.61. The number of benzene rings is 1. The van der Waals surface area contributed by atoms with Gasteiger partial charge in [-0.05, 0) is 54.2 Å². The van der Waals surface area contributed by atoms with Crippen molar-refractivity contribution in [3.63, 3.8) is 0 Å². The summed E-state index contributed by atoms with van der Waals surface area (Å²) in [6, 6.07) is 10.9. The summed E-state index contributed by atoms with van der Waals surface area (Å²) in [5.74, 6) is 0.390. The molecule has 0 radical (unpaired) electrons. The first-order valence-electron chi connectivity index (χ1n) is 11.2. The Hall–Kier alpha value is -3.08. The lowest BCUT2D eigenvalue weighted by atomic mass is 9.90.